The highest BCUT2D eigenvalue weighted by atomic mass is 19.4. The number of imidazole rings is 1. The van der Waals surface area contributed by atoms with Gasteiger partial charge in [-0.2, -0.15) is 13.2 Å². The zero-order valence-electron chi connectivity index (χ0n) is 15.3. The number of benzene rings is 1. The van der Waals surface area contributed by atoms with Gasteiger partial charge in [-0.05, 0) is 30.3 Å². The number of halogens is 3. The summed E-state index contributed by atoms with van der Waals surface area (Å²) < 4.78 is 46.5. The Morgan fingerprint density at radius 1 is 1.17 bits per heavy atom. The molecule has 150 valence electrons. The van der Waals surface area contributed by atoms with Crippen LogP contribution in [0.15, 0.2) is 55.1 Å². The van der Waals surface area contributed by atoms with Gasteiger partial charge < -0.3 is 14.2 Å². The topological polar surface area (TPSA) is 60.2 Å². The van der Waals surface area contributed by atoms with E-state index in [9.17, 15) is 18.0 Å². The molecule has 0 bridgehead atoms. The van der Waals surface area contributed by atoms with Crippen LogP contribution in [0.3, 0.4) is 0 Å². The molecule has 3 heterocycles. The normalized spacial score (nSPS) is 13.8. The fourth-order valence-corrected chi connectivity index (χ4v) is 3.20. The summed E-state index contributed by atoms with van der Waals surface area (Å²) in [4.78, 5) is 22.7. The molecule has 0 spiro atoms. The van der Waals surface area contributed by atoms with Gasteiger partial charge in [0, 0.05) is 24.8 Å². The molecule has 4 rings (SSSR count). The van der Waals surface area contributed by atoms with Crippen molar-refractivity contribution in [3.63, 3.8) is 0 Å². The maximum atomic E-state index is 13.0. The number of alkyl halides is 3. The van der Waals surface area contributed by atoms with Crippen LogP contribution in [0.2, 0.25) is 0 Å². The van der Waals surface area contributed by atoms with E-state index in [1.165, 1.54) is 17.0 Å². The fourth-order valence-electron chi connectivity index (χ4n) is 3.20. The van der Waals surface area contributed by atoms with Gasteiger partial charge in [0.05, 0.1) is 30.3 Å². The summed E-state index contributed by atoms with van der Waals surface area (Å²) in [5, 5.41) is 0. The summed E-state index contributed by atoms with van der Waals surface area (Å²) >= 11 is 0. The van der Waals surface area contributed by atoms with Gasteiger partial charge in [0.1, 0.15) is 18.1 Å². The molecule has 0 N–H and O–H groups in total. The van der Waals surface area contributed by atoms with Crippen LogP contribution in [0.5, 0.6) is 5.75 Å². The van der Waals surface area contributed by atoms with Crippen molar-refractivity contribution in [2.75, 3.05) is 6.54 Å². The molecule has 3 aromatic rings. The quantitative estimate of drug-likeness (QED) is 0.670. The minimum atomic E-state index is -4.49. The number of amides is 1. The molecular weight excluding hydrogens is 385 g/mol. The molecule has 2 aromatic heterocycles. The van der Waals surface area contributed by atoms with E-state index in [-0.39, 0.29) is 18.7 Å². The molecule has 29 heavy (non-hydrogen) atoms. The Bertz CT molecular complexity index is 1020. The number of nitrogens with zero attached hydrogens (tertiary/aromatic N) is 4. The number of rotatable bonds is 4. The first kappa shape index (κ1) is 19.0. The van der Waals surface area contributed by atoms with Crippen molar-refractivity contribution in [2.24, 2.45) is 0 Å². The summed E-state index contributed by atoms with van der Waals surface area (Å²) in [5.41, 5.74) is 0.660. The van der Waals surface area contributed by atoms with Crippen molar-refractivity contribution in [1.82, 2.24) is 19.4 Å². The van der Waals surface area contributed by atoms with Crippen LogP contribution in [0.25, 0.3) is 0 Å². The van der Waals surface area contributed by atoms with E-state index in [1.54, 1.807) is 30.9 Å². The molecule has 0 fully saturated rings. The van der Waals surface area contributed by atoms with Crippen molar-refractivity contribution in [1.29, 1.82) is 0 Å². The number of ether oxygens (including phenoxy) is 1. The standard InChI is InChI=1S/C20H17F3N4O2/c21-20(22,23)15-4-1-3-14(9-15)19(28)26-7-8-27-13-25-17(18(27)11-26)12-29-16-5-2-6-24-10-16/h1-6,9-10,13H,7-8,11-12H2. The second kappa shape index (κ2) is 7.57. The molecule has 6 nitrogen and oxygen atoms in total. The average molecular weight is 402 g/mol. The van der Waals surface area contributed by atoms with Crippen molar-refractivity contribution in [3.8, 4) is 5.75 Å². The van der Waals surface area contributed by atoms with Crippen molar-refractivity contribution in [2.45, 2.75) is 25.9 Å². The van der Waals surface area contributed by atoms with E-state index >= 15 is 0 Å². The third-order valence-electron chi connectivity index (χ3n) is 4.72. The summed E-state index contributed by atoms with van der Waals surface area (Å²) in [6, 6.07) is 8.02. The average Bonchev–Trinajstić information content (AvgIpc) is 3.14. The third kappa shape index (κ3) is 4.08. The largest absolute Gasteiger partial charge is 0.486 e. The molecule has 1 amide bonds. The summed E-state index contributed by atoms with van der Waals surface area (Å²) in [6.45, 7) is 1.36. The van der Waals surface area contributed by atoms with Gasteiger partial charge in [-0.15, -0.1) is 0 Å². The van der Waals surface area contributed by atoms with Crippen LogP contribution in [0, 0.1) is 0 Å². The zero-order chi connectivity index (χ0) is 20.4. The Morgan fingerprint density at radius 2 is 2.03 bits per heavy atom. The maximum Gasteiger partial charge on any atom is 0.416 e. The van der Waals surface area contributed by atoms with E-state index in [2.05, 4.69) is 9.97 Å². The number of hydrogen-bond donors (Lipinski definition) is 0. The van der Waals surface area contributed by atoms with Crippen molar-refractivity contribution < 1.29 is 22.7 Å². The minimum absolute atomic E-state index is 0.0148. The van der Waals surface area contributed by atoms with Gasteiger partial charge in [0.15, 0.2) is 0 Å². The van der Waals surface area contributed by atoms with E-state index in [4.69, 9.17) is 4.74 Å². The van der Waals surface area contributed by atoms with Crippen LogP contribution in [0.4, 0.5) is 13.2 Å². The Balaban J connectivity index is 1.50. The molecule has 0 radical (unpaired) electrons. The lowest BCUT2D eigenvalue weighted by Crippen LogP contribution is -2.38. The van der Waals surface area contributed by atoms with Gasteiger partial charge in [0.2, 0.25) is 0 Å². The van der Waals surface area contributed by atoms with Crippen LogP contribution < -0.4 is 4.74 Å². The zero-order valence-corrected chi connectivity index (χ0v) is 15.3. The number of carbonyl (C=O) groups excluding carboxylic acids is 1. The van der Waals surface area contributed by atoms with Crippen LogP contribution in [-0.4, -0.2) is 31.9 Å². The fraction of sp³-hybridized carbons (Fsp3) is 0.250. The first-order chi connectivity index (χ1) is 13.9. The van der Waals surface area contributed by atoms with Gasteiger partial charge in [-0.25, -0.2) is 4.98 Å². The van der Waals surface area contributed by atoms with E-state index in [1.807, 2.05) is 4.57 Å². The lowest BCUT2D eigenvalue weighted by Gasteiger charge is -2.29. The molecular formula is C20H17F3N4O2. The van der Waals surface area contributed by atoms with E-state index in [0.717, 1.165) is 17.8 Å². The minimum Gasteiger partial charge on any atom is -0.486 e. The summed E-state index contributed by atoms with van der Waals surface area (Å²) in [5.74, 6) is 0.157. The summed E-state index contributed by atoms with van der Waals surface area (Å²) in [6.07, 6.45) is 0.422. The molecule has 0 atom stereocenters. The number of carbonyl (C=O) groups is 1. The lowest BCUT2D eigenvalue weighted by atomic mass is 10.1. The van der Waals surface area contributed by atoms with Gasteiger partial charge in [-0.1, -0.05) is 6.07 Å². The lowest BCUT2D eigenvalue weighted by molar-refractivity contribution is -0.137. The Kier molecular flexibility index (Phi) is 4.96. The summed E-state index contributed by atoms with van der Waals surface area (Å²) in [7, 11) is 0. The molecule has 1 aromatic carbocycles. The predicted molar refractivity (Wildman–Crippen MR) is 97.0 cm³/mol. The van der Waals surface area contributed by atoms with Crippen molar-refractivity contribution in [3.05, 3.63) is 77.6 Å². The predicted octanol–water partition coefficient (Wildman–Crippen LogP) is 3.53. The highest BCUT2D eigenvalue weighted by Crippen LogP contribution is 2.30. The number of aromatic nitrogens is 3. The van der Waals surface area contributed by atoms with Crippen LogP contribution in [0.1, 0.15) is 27.3 Å². The Hall–Kier alpha value is -3.36. The number of pyridine rings is 1. The van der Waals surface area contributed by atoms with Gasteiger partial charge in [0.25, 0.3) is 5.91 Å². The second-order valence-electron chi connectivity index (χ2n) is 6.61. The van der Waals surface area contributed by atoms with E-state index < -0.39 is 17.6 Å². The molecule has 1 aliphatic rings. The molecule has 1 aliphatic heterocycles. The Morgan fingerprint density at radius 3 is 2.79 bits per heavy atom. The van der Waals surface area contributed by atoms with Crippen LogP contribution in [-0.2, 0) is 25.9 Å². The van der Waals surface area contributed by atoms with Gasteiger partial charge >= 0.3 is 6.18 Å². The maximum absolute atomic E-state index is 13.0. The second-order valence-corrected chi connectivity index (χ2v) is 6.61. The highest BCUT2D eigenvalue weighted by molar-refractivity contribution is 5.94. The molecule has 0 saturated heterocycles. The third-order valence-corrected chi connectivity index (χ3v) is 4.72. The highest BCUT2D eigenvalue weighted by Gasteiger charge is 2.32. The smallest absolute Gasteiger partial charge is 0.416 e. The Labute approximate surface area is 164 Å². The van der Waals surface area contributed by atoms with Gasteiger partial charge in [-0.3, -0.25) is 9.78 Å². The first-order valence-corrected chi connectivity index (χ1v) is 8.94. The SMILES string of the molecule is O=C(c1cccc(C(F)(F)F)c1)N1CCn2cnc(COc3cccnc3)c2C1. The van der Waals surface area contributed by atoms with E-state index in [0.29, 0.717) is 24.5 Å². The van der Waals surface area contributed by atoms with Crippen molar-refractivity contribution >= 4 is 5.91 Å². The monoisotopic (exact) mass is 402 g/mol. The molecule has 0 saturated carbocycles. The number of hydrogen-bond acceptors (Lipinski definition) is 4. The molecule has 0 aliphatic carbocycles. The number of fused-ring (bicyclic) bond motifs is 1. The molecule has 0 unspecified atom stereocenters. The van der Waals surface area contributed by atoms with Crippen LogP contribution >= 0.6 is 0 Å². The first-order valence-electron chi connectivity index (χ1n) is 8.94. The molecule has 9 heteroatoms.